The summed E-state index contributed by atoms with van der Waals surface area (Å²) in [5, 5.41) is 64.7. The smallest absolute Gasteiger partial charge is 0.379 e. The third-order valence-corrected chi connectivity index (χ3v) is 20.2. The van der Waals surface area contributed by atoms with Crippen molar-refractivity contribution in [2.75, 3.05) is 37.0 Å². The zero-order valence-corrected chi connectivity index (χ0v) is 67.0. The Labute approximate surface area is 686 Å². The largest absolute Gasteiger partial charge is 0.418 e. The molecule has 0 amide bonds. The number of aliphatic hydroxyl groups is 2. The quantitative estimate of drug-likeness (QED) is 0.0711. The van der Waals surface area contributed by atoms with Crippen molar-refractivity contribution in [1.82, 2.24) is 66.8 Å². The van der Waals surface area contributed by atoms with Gasteiger partial charge in [-0.05, 0) is 272 Å². The number of aromatic nitrogens is 12. The fourth-order valence-electron chi connectivity index (χ4n) is 12.4. The van der Waals surface area contributed by atoms with Crippen LogP contribution in [0.15, 0.2) is 258 Å². The fraction of sp³-hybridized carbons (Fsp3) is 0.160. The van der Waals surface area contributed by atoms with E-state index in [1.54, 1.807) is 54.6 Å². The fourth-order valence-corrected chi connectivity index (χ4v) is 14.7. The zero-order chi connectivity index (χ0) is 81.6. The normalized spacial score (nSPS) is 12.7. The number of benzene rings is 11. The van der Waals surface area contributed by atoms with Gasteiger partial charge in [0.15, 0.2) is 23.2 Å². The molecule has 0 spiro atoms. The van der Waals surface area contributed by atoms with E-state index in [9.17, 15) is 46.1 Å². The van der Waals surface area contributed by atoms with Gasteiger partial charge in [-0.1, -0.05) is 153 Å². The first-order valence-electron chi connectivity index (χ1n) is 35.0. The Kier molecular flexibility index (Phi) is 26.3. The van der Waals surface area contributed by atoms with E-state index < -0.39 is 24.6 Å². The molecule has 6 aromatic heterocycles. The molecule has 17 aromatic rings. The van der Waals surface area contributed by atoms with E-state index in [4.69, 9.17) is 18.5 Å². The number of hydrogen-bond donors (Lipinski definition) is 2. The van der Waals surface area contributed by atoms with Crippen molar-refractivity contribution >= 4 is 154 Å². The standard InChI is InChI=1S/C19H18F3N3O2.C15H13N3O2.C14H12BrN3O.C14H9F3N2O2.C13H7BrN2O2.C6H2Br2N2O/c20-19(21,22)18(26)13-5-3-4-12(8-13)14-9-15(11-25-6-1-2-7-25)17-16(10-14)23-27-24-17;1-18(9-11-5-3-2-4-6-11)14-8-12(10-19)7-13-15(14)17-20-16-13;1-18(9-10-5-3-2-4-6-10)13-8-11(15)7-12-14(13)17-19-16-12;15-14(16,17)13(20)10-3-1-2-8(6-10)9-4-5-11-12(7-9)19-21-18-11;14-11-5-10(6-12-13(11)16-18-15-12)9-3-1-2-8(4-9)7-17;7-3-1-4(8)6-5(2-3)9-11-10-6/h3-5,8-10,18,26H,1-2,6-7,11H2;2-8,10H,9H2,1H3;2-8H,9H2,1H3;1-7,13,20H;1-7H;1-2H. The average molecular weight is 1840 g/mol. The van der Waals surface area contributed by atoms with Gasteiger partial charge >= 0.3 is 12.4 Å². The van der Waals surface area contributed by atoms with Crippen molar-refractivity contribution in [1.29, 1.82) is 0 Å². The molecule has 116 heavy (non-hydrogen) atoms. The van der Waals surface area contributed by atoms with Crippen LogP contribution in [-0.4, -0.2) is 129 Å². The van der Waals surface area contributed by atoms with Crippen LogP contribution in [0.5, 0.6) is 0 Å². The number of aldehydes is 2. The Morgan fingerprint density at radius 3 is 1.34 bits per heavy atom. The van der Waals surface area contributed by atoms with Crippen molar-refractivity contribution < 1.29 is 73.9 Å². The monoisotopic (exact) mass is 1830 g/mol. The molecule has 1 aliphatic rings. The second-order valence-corrected chi connectivity index (χ2v) is 29.8. The number of hydrogen-bond acceptors (Lipinski definition) is 25. The summed E-state index contributed by atoms with van der Waals surface area (Å²) >= 11 is 13.6. The Hall–Kier alpha value is -11.9. The summed E-state index contributed by atoms with van der Waals surface area (Å²) in [7, 11) is 3.98. The molecule has 25 nitrogen and oxygen atoms in total. The summed E-state index contributed by atoms with van der Waals surface area (Å²) in [5.41, 5.74) is 18.3. The highest BCUT2D eigenvalue weighted by Crippen LogP contribution is 2.39. The van der Waals surface area contributed by atoms with Crippen LogP contribution in [0.1, 0.15) is 73.6 Å². The van der Waals surface area contributed by atoms with Gasteiger partial charge in [0.2, 0.25) is 0 Å². The molecule has 590 valence electrons. The maximum absolute atomic E-state index is 12.8. The van der Waals surface area contributed by atoms with E-state index in [-0.39, 0.29) is 11.1 Å². The number of halogens is 10. The molecule has 1 saturated heterocycles. The van der Waals surface area contributed by atoms with Gasteiger partial charge in [-0.15, -0.1) is 0 Å². The third kappa shape index (κ3) is 20.4. The van der Waals surface area contributed by atoms with Crippen molar-refractivity contribution in [2.24, 2.45) is 0 Å². The van der Waals surface area contributed by atoms with Gasteiger partial charge in [-0.3, -0.25) is 14.5 Å². The van der Waals surface area contributed by atoms with Crippen molar-refractivity contribution in [3.05, 3.63) is 269 Å². The van der Waals surface area contributed by atoms with Gasteiger partial charge in [0, 0.05) is 58.3 Å². The number of nitrogens with zero attached hydrogens (tertiary/aromatic N) is 15. The lowest BCUT2D eigenvalue weighted by molar-refractivity contribution is -0.207. The van der Waals surface area contributed by atoms with Crippen molar-refractivity contribution in [3.8, 4) is 33.4 Å². The van der Waals surface area contributed by atoms with Gasteiger partial charge in [0.25, 0.3) is 0 Å². The Morgan fingerprint density at radius 1 is 0.388 bits per heavy atom. The van der Waals surface area contributed by atoms with Crippen LogP contribution in [-0.2, 0) is 19.6 Å². The minimum Gasteiger partial charge on any atom is -0.379 e. The van der Waals surface area contributed by atoms with Gasteiger partial charge < -0.3 is 20.0 Å². The summed E-state index contributed by atoms with van der Waals surface area (Å²) in [6.07, 6.45) is -10.5. The Morgan fingerprint density at radius 2 is 0.793 bits per heavy atom. The first kappa shape index (κ1) is 82.1. The summed E-state index contributed by atoms with van der Waals surface area (Å²) in [6.45, 7) is 4.21. The molecular formula is C81H61Br4F6N15O10. The summed E-state index contributed by atoms with van der Waals surface area (Å²) in [4.78, 5) is 28.2. The zero-order valence-electron chi connectivity index (χ0n) is 60.6. The predicted octanol–water partition coefficient (Wildman–Crippen LogP) is 20.1. The molecule has 0 saturated carbocycles. The molecule has 0 aliphatic carbocycles. The van der Waals surface area contributed by atoms with Gasteiger partial charge in [-0.2, -0.15) is 26.3 Å². The molecule has 1 aliphatic heterocycles. The number of carbonyl (C=O) groups is 2. The molecule has 1 fully saturated rings. The van der Waals surface area contributed by atoms with Gasteiger partial charge in [0.05, 0.1) is 15.8 Å². The summed E-state index contributed by atoms with van der Waals surface area (Å²) in [6, 6.07) is 62.8. The number of aliphatic hydroxyl groups excluding tert-OH is 2. The maximum Gasteiger partial charge on any atom is 0.418 e. The highest BCUT2D eigenvalue weighted by molar-refractivity contribution is 9.11. The Bertz CT molecular complexity index is 6230. The molecular weight excluding hydrogens is 1780 g/mol. The predicted molar refractivity (Wildman–Crippen MR) is 432 cm³/mol. The topological polar surface area (TPSA) is 318 Å². The highest BCUT2D eigenvalue weighted by atomic mass is 79.9. The average Bonchev–Trinajstić information content (AvgIpc) is 1.45. The maximum atomic E-state index is 12.8. The van der Waals surface area contributed by atoms with Crippen LogP contribution in [0.3, 0.4) is 0 Å². The Balaban J connectivity index is 0.000000123. The first-order valence-corrected chi connectivity index (χ1v) is 38.2. The lowest BCUT2D eigenvalue weighted by Gasteiger charge is -2.19. The molecule has 2 unspecified atom stereocenters. The van der Waals surface area contributed by atoms with E-state index >= 15 is 0 Å². The van der Waals surface area contributed by atoms with Crippen LogP contribution < -0.4 is 9.80 Å². The van der Waals surface area contributed by atoms with Crippen molar-refractivity contribution in [2.45, 2.75) is 57.0 Å². The molecule has 18 rings (SSSR count). The first-order chi connectivity index (χ1) is 55.9. The van der Waals surface area contributed by atoms with Crippen LogP contribution in [0.4, 0.5) is 37.7 Å². The van der Waals surface area contributed by atoms with Crippen LogP contribution >= 0.6 is 63.7 Å². The van der Waals surface area contributed by atoms with E-state index in [2.05, 4.69) is 169 Å². The molecule has 2 N–H and O–H groups in total. The number of carbonyl (C=O) groups excluding carboxylic acids is 2. The van der Waals surface area contributed by atoms with E-state index in [0.717, 1.165) is 113 Å². The molecule has 0 bridgehead atoms. The number of anilines is 2. The molecule has 2 atom stereocenters. The highest BCUT2D eigenvalue weighted by Gasteiger charge is 2.40. The lowest BCUT2D eigenvalue weighted by Crippen LogP contribution is -2.20. The van der Waals surface area contributed by atoms with Gasteiger partial charge in [-0.25, -0.2) is 27.8 Å². The van der Waals surface area contributed by atoms with Crippen molar-refractivity contribution in [3.63, 3.8) is 0 Å². The second-order valence-electron chi connectivity index (χ2n) is 26.2. The lowest BCUT2D eigenvalue weighted by atomic mass is 9.98. The van der Waals surface area contributed by atoms with E-state index in [0.29, 0.717) is 90.6 Å². The van der Waals surface area contributed by atoms with E-state index in [1.807, 2.05) is 116 Å². The minimum atomic E-state index is -4.71. The van der Waals surface area contributed by atoms with Crippen LogP contribution in [0, 0.1) is 0 Å². The minimum absolute atomic E-state index is 0.195. The second kappa shape index (κ2) is 37.2. The summed E-state index contributed by atoms with van der Waals surface area (Å²) < 4.78 is 108. The van der Waals surface area contributed by atoms with Crippen LogP contribution in [0.2, 0.25) is 0 Å². The number of likely N-dealkylation sites (tertiary alicyclic amines) is 1. The van der Waals surface area contributed by atoms with Crippen LogP contribution in [0.25, 0.3) is 99.6 Å². The third-order valence-electron chi connectivity index (χ3n) is 18.1. The SMILES string of the molecule is Brc1cc(Br)c2nonc2c1.CN(Cc1ccccc1)c1cc(Br)cc2nonc12.CN(Cc1ccccc1)c1cc(C=O)cc2nonc12.O=Cc1cccc(-c2cc(Br)c3nonc3c2)c1.OC(c1cccc(-c2cc(CN3CCCC3)c3nonc3c2)c1)C(F)(F)F.OC(c1cccc(-c2ccc3nonc3c2)c1)C(F)(F)F. The number of rotatable bonds is 15. The molecule has 7 heterocycles. The van der Waals surface area contributed by atoms with Gasteiger partial charge in [0.1, 0.15) is 67.7 Å². The molecule has 35 heteroatoms. The number of fused-ring (bicyclic) bond motifs is 6. The summed E-state index contributed by atoms with van der Waals surface area (Å²) in [5.74, 6) is 0. The number of alkyl halides is 6. The van der Waals surface area contributed by atoms with E-state index in [1.165, 1.54) is 47.5 Å². The molecule has 0 radical (unpaired) electrons. The molecule has 11 aromatic carbocycles.